The molecule has 0 radical (unpaired) electrons. The van der Waals surface area contributed by atoms with Gasteiger partial charge in [0.2, 0.25) is 5.75 Å². The van der Waals surface area contributed by atoms with Crippen LogP contribution < -0.4 is 14.2 Å². The van der Waals surface area contributed by atoms with E-state index < -0.39 is 0 Å². The Morgan fingerprint density at radius 1 is 1.05 bits per heavy atom. The summed E-state index contributed by atoms with van der Waals surface area (Å²) in [6.45, 7) is 0. The Bertz CT molecular complexity index is 499. The van der Waals surface area contributed by atoms with Gasteiger partial charge in [-0.05, 0) is 25.3 Å². The van der Waals surface area contributed by atoms with Crippen molar-refractivity contribution in [2.45, 2.75) is 31.6 Å². The summed E-state index contributed by atoms with van der Waals surface area (Å²) in [6, 6.07) is 3.82. The second-order valence-electron chi connectivity index (χ2n) is 4.81. The molecular formula is C15H21NO4. The summed E-state index contributed by atoms with van der Waals surface area (Å²) in [5.41, 5.74) is 1.79. The van der Waals surface area contributed by atoms with Gasteiger partial charge in [-0.15, -0.1) is 0 Å². The van der Waals surface area contributed by atoms with Crippen LogP contribution in [0.15, 0.2) is 17.3 Å². The highest BCUT2D eigenvalue weighted by atomic mass is 16.5. The van der Waals surface area contributed by atoms with E-state index in [2.05, 4.69) is 5.16 Å². The van der Waals surface area contributed by atoms with Gasteiger partial charge in [0, 0.05) is 11.5 Å². The lowest BCUT2D eigenvalue weighted by Crippen LogP contribution is -2.18. The van der Waals surface area contributed by atoms with Gasteiger partial charge in [-0.25, -0.2) is 0 Å². The first-order valence-corrected chi connectivity index (χ1v) is 6.76. The Kier molecular flexibility index (Phi) is 4.71. The molecule has 1 atom stereocenters. The third-order valence-electron chi connectivity index (χ3n) is 3.82. The zero-order chi connectivity index (χ0) is 14.5. The molecule has 1 N–H and O–H groups in total. The molecule has 0 bridgehead atoms. The Hall–Kier alpha value is -1.91. The van der Waals surface area contributed by atoms with E-state index in [1.807, 2.05) is 12.1 Å². The molecule has 0 saturated heterocycles. The average molecular weight is 279 g/mol. The fourth-order valence-electron chi connectivity index (χ4n) is 2.85. The summed E-state index contributed by atoms with van der Waals surface area (Å²) in [4.78, 5) is 0. The molecule has 1 aliphatic rings. The van der Waals surface area contributed by atoms with Crippen LogP contribution in [0.1, 0.15) is 37.2 Å². The Labute approximate surface area is 119 Å². The number of hydrogen-bond donors (Lipinski definition) is 1. The first kappa shape index (κ1) is 14.5. The van der Waals surface area contributed by atoms with Crippen molar-refractivity contribution in [1.82, 2.24) is 0 Å². The molecule has 5 nitrogen and oxygen atoms in total. The molecule has 20 heavy (non-hydrogen) atoms. The van der Waals surface area contributed by atoms with Gasteiger partial charge >= 0.3 is 0 Å². The van der Waals surface area contributed by atoms with E-state index in [1.165, 1.54) is 0 Å². The summed E-state index contributed by atoms with van der Waals surface area (Å²) in [5, 5.41) is 12.7. The van der Waals surface area contributed by atoms with Gasteiger partial charge in [0.1, 0.15) is 0 Å². The van der Waals surface area contributed by atoms with E-state index in [0.717, 1.165) is 37.0 Å². The lowest BCUT2D eigenvalue weighted by atomic mass is 9.82. The van der Waals surface area contributed by atoms with E-state index in [0.29, 0.717) is 17.2 Å². The van der Waals surface area contributed by atoms with E-state index >= 15 is 0 Å². The zero-order valence-corrected chi connectivity index (χ0v) is 12.2. The molecule has 2 rings (SSSR count). The van der Waals surface area contributed by atoms with Crippen LogP contribution in [0, 0.1) is 0 Å². The molecule has 1 aromatic rings. The van der Waals surface area contributed by atoms with Crippen molar-refractivity contribution < 1.29 is 19.4 Å². The molecule has 1 aliphatic carbocycles. The summed E-state index contributed by atoms with van der Waals surface area (Å²) < 4.78 is 16.2. The Morgan fingerprint density at radius 2 is 1.80 bits per heavy atom. The monoisotopic (exact) mass is 279 g/mol. The molecule has 0 spiro atoms. The van der Waals surface area contributed by atoms with E-state index in [1.54, 1.807) is 21.3 Å². The van der Waals surface area contributed by atoms with Gasteiger partial charge in [-0.1, -0.05) is 17.6 Å². The summed E-state index contributed by atoms with van der Waals surface area (Å²) >= 11 is 0. The molecule has 0 aliphatic heterocycles. The Morgan fingerprint density at radius 3 is 2.40 bits per heavy atom. The lowest BCUT2D eigenvalue weighted by Gasteiger charge is -2.26. The molecule has 110 valence electrons. The smallest absolute Gasteiger partial charge is 0.203 e. The largest absolute Gasteiger partial charge is 0.493 e. The molecule has 5 heteroatoms. The van der Waals surface area contributed by atoms with Gasteiger partial charge in [0.05, 0.1) is 27.0 Å². The summed E-state index contributed by atoms with van der Waals surface area (Å²) in [7, 11) is 4.80. The van der Waals surface area contributed by atoms with E-state index in [-0.39, 0.29) is 5.92 Å². The molecule has 0 aromatic heterocycles. The highest BCUT2D eigenvalue weighted by Crippen LogP contribution is 2.45. The maximum atomic E-state index is 9.20. The minimum absolute atomic E-state index is 0.0727. The van der Waals surface area contributed by atoms with Crippen molar-refractivity contribution in [3.8, 4) is 17.2 Å². The number of benzene rings is 1. The van der Waals surface area contributed by atoms with Gasteiger partial charge < -0.3 is 19.4 Å². The van der Waals surface area contributed by atoms with Gasteiger partial charge in [0.15, 0.2) is 11.5 Å². The number of ether oxygens (including phenoxy) is 3. The minimum Gasteiger partial charge on any atom is -0.493 e. The van der Waals surface area contributed by atoms with Crippen molar-refractivity contribution in [3.05, 3.63) is 17.7 Å². The first-order chi connectivity index (χ1) is 9.76. The van der Waals surface area contributed by atoms with Crippen molar-refractivity contribution in [2.24, 2.45) is 5.16 Å². The molecule has 0 unspecified atom stereocenters. The van der Waals surface area contributed by atoms with Crippen LogP contribution in [0.3, 0.4) is 0 Å². The molecule has 0 amide bonds. The van der Waals surface area contributed by atoms with E-state index in [9.17, 15) is 5.21 Å². The SMILES string of the molecule is COc1ccc([C@@H]2CCCC/C2=N\O)c(OC)c1OC. The predicted molar refractivity (Wildman–Crippen MR) is 76.5 cm³/mol. The standard InChI is InChI=1S/C15H21NO4/c1-18-13-9-8-11(14(19-2)15(13)20-3)10-6-4-5-7-12(10)16-17/h8-10,17H,4-7H2,1-3H3/b16-12+/t10-/m0/s1. The van der Waals surface area contributed by atoms with Crippen LogP contribution >= 0.6 is 0 Å². The normalized spacial score (nSPS) is 20.8. The third-order valence-corrected chi connectivity index (χ3v) is 3.82. The van der Waals surface area contributed by atoms with Crippen molar-refractivity contribution in [3.63, 3.8) is 0 Å². The van der Waals surface area contributed by atoms with Crippen LogP contribution in [-0.2, 0) is 0 Å². The number of hydrogen-bond acceptors (Lipinski definition) is 5. The lowest BCUT2D eigenvalue weighted by molar-refractivity contribution is 0.310. The van der Waals surface area contributed by atoms with Crippen LogP contribution in [0.4, 0.5) is 0 Å². The van der Waals surface area contributed by atoms with Crippen LogP contribution in [0.5, 0.6) is 17.2 Å². The highest BCUT2D eigenvalue weighted by molar-refractivity contribution is 5.92. The fraction of sp³-hybridized carbons (Fsp3) is 0.533. The number of nitrogens with zero attached hydrogens (tertiary/aromatic N) is 1. The third kappa shape index (κ3) is 2.53. The van der Waals surface area contributed by atoms with Crippen molar-refractivity contribution >= 4 is 5.71 Å². The number of oxime groups is 1. The predicted octanol–water partition coefficient (Wildman–Crippen LogP) is 3.20. The zero-order valence-electron chi connectivity index (χ0n) is 12.2. The van der Waals surface area contributed by atoms with Gasteiger partial charge in [-0.3, -0.25) is 0 Å². The molecular weight excluding hydrogens is 258 g/mol. The van der Waals surface area contributed by atoms with Crippen LogP contribution in [-0.4, -0.2) is 32.2 Å². The maximum Gasteiger partial charge on any atom is 0.203 e. The van der Waals surface area contributed by atoms with E-state index in [4.69, 9.17) is 14.2 Å². The topological polar surface area (TPSA) is 60.3 Å². The fourth-order valence-corrected chi connectivity index (χ4v) is 2.85. The second-order valence-corrected chi connectivity index (χ2v) is 4.81. The minimum atomic E-state index is 0.0727. The summed E-state index contributed by atoms with van der Waals surface area (Å²) in [6.07, 6.45) is 3.94. The molecule has 0 heterocycles. The second kappa shape index (κ2) is 6.50. The highest BCUT2D eigenvalue weighted by Gasteiger charge is 2.28. The number of methoxy groups -OCH3 is 3. The summed E-state index contributed by atoms with van der Waals surface area (Å²) in [5.74, 6) is 1.94. The van der Waals surface area contributed by atoms with Crippen LogP contribution in [0.2, 0.25) is 0 Å². The molecule has 1 fully saturated rings. The quantitative estimate of drug-likeness (QED) is 0.679. The Balaban J connectivity index is 2.50. The first-order valence-electron chi connectivity index (χ1n) is 6.76. The average Bonchev–Trinajstić information content (AvgIpc) is 2.53. The van der Waals surface area contributed by atoms with Gasteiger partial charge in [0.25, 0.3) is 0 Å². The molecule has 1 saturated carbocycles. The van der Waals surface area contributed by atoms with Crippen LogP contribution in [0.25, 0.3) is 0 Å². The maximum absolute atomic E-state index is 9.20. The van der Waals surface area contributed by atoms with Crippen molar-refractivity contribution in [1.29, 1.82) is 0 Å². The van der Waals surface area contributed by atoms with Crippen molar-refractivity contribution in [2.75, 3.05) is 21.3 Å². The number of rotatable bonds is 4. The van der Waals surface area contributed by atoms with Gasteiger partial charge in [-0.2, -0.15) is 0 Å². The molecule has 1 aromatic carbocycles.